The molecule has 4 rings (SSSR count). The summed E-state index contributed by atoms with van der Waals surface area (Å²) in [6.45, 7) is 10.7. The van der Waals surface area contributed by atoms with E-state index in [1.54, 1.807) is 4.68 Å². The van der Waals surface area contributed by atoms with Gasteiger partial charge in [0.05, 0.1) is 18.8 Å². The summed E-state index contributed by atoms with van der Waals surface area (Å²) < 4.78 is 13.1. The van der Waals surface area contributed by atoms with Crippen LogP contribution in [0.25, 0.3) is 0 Å². The number of nitrogens with one attached hydrogen (secondary N) is 2. The molecule has 0 spiro atoms. The predicted molar refractivity (Wildman–Crippen MR) is 126 cm³/mol. The molecule has 1 aromatic heterocycles. The molecular weight excluding hydrogens is 420 g/mol. The topological polar surface area (TPSA) is 103 Å². The summed E-state index contributed by atoms with van der Waals surface area (Å²) in [5.41, 5.74) is 4.89. The number of rotatable bonds is 7. The third kappa shape index (κ3) is 4.26. The molecule has 1 unspecified atom stereocenters. The highest BCUT2D eigenvalue weighted by atomic mass is 16.5. The summed E-state index contributed by atoms with van der Waals surface area (Å²) in [4.78, 5) is 13.6. The molecule has 0 saturated heterocycles. The number of amides is 1. The van der Waals surface area contributed by atoms with Gasteiger partial charge in [0.1, 0.15) is 6.04 Å². The molecule has 1 aliphatic rings. The molecule has 172 valence electrons. The Kier molecular flexibility index (Phi) is 6.30. The molecular formula is C24H28N6O3. The highest BCUT2D eigenvalue weighted by Gasteiger charge is 2.34. The van der Waals surface area contributed by atoms with Crippen LogP contribution in [0.4, 0.5) is 11.6 Å². The molecule has 9 nitrogen and oxygen atoms in total. The number of aromatic nitrogens is 4. The van der Waals surface area contributed by atoms with E-state index in [1.165, 1.54) is 0 Å². The van der Waals surface area contributed by atoms with Crippen molar-refractivity contribution in [1.82, 2.24) is 20.2 Å². The van der Waals surface area contributed by atoms with Gasteiger partial charge < -0.3 is 20.1 Å². The van der Waals surface area contributed by atoms with Crippen LogP contribution >= 0.6 is 0 Å². The average molecular weight is 449 g/mol. The van der Waals surface area contributed by atoms with E-state index < -0.39 is 6.04 Å². The standard InChI is InChI=1S/C24H28N6O3/c1-6-32-19-12-11-17(13-20(19)33-7-2)22-21(16(5)25-24-27-28-29-30(22)24)23(31)26-18-10-8-9-14(3)15(18)4/h8-13,22H,6-7H2,1-5H3,(H,26,31)(H,25,27,29). The number of fused-ring (bicyclic) bond motifs is 1. The van der Waals surface area contributed by atoms with Gasteiger partial charge in [0.15, 0.2) is 11.5 Å². The van der Waals surface area contributed by atoms with E-state index in [4.69, 9.17) is 9.47 Å². The van der Waals surface area contributed by atoms with Gasteiger partial charge in [0.25, 0.3) is 5.91 Å². The average Bonchev–Trinajstić information content (AvgIpc) is 3.25. The van der Waals surface area contributed by atoms with Crippen molar-refractivity contribution in [2.45, 2.75) is 40.7 Å². The first-order chi connectivity index (χ1) is 15.9. The van der Waals surface area contributed by atoms with Crippen LogP contribution in [-0.2, 0) is 4.79 Å². The second-order valence-corrected chi connectivity index (χ2v) is 7.79. The largest absolute Gasteiger partial charge is 0.490 e. The smallest absolute Gasteiger partial charge is 0.255 e. The van der Waals surface area contributed by atoms with Crippen LogP contribution in [0, 0.1) is 13.8 Å². The van der Waals surface area contributed by atoms with Crippen LogP contribution < -0.4 is 20.1 Å². The fourth-order valence-electron chi connectivity index (χ4n) is 3.93. The SMILES string of the molecule is CCOc1ccc(C2C(C(=O)Nc3cccc(C)c3C)=C(C)Nc3nnnn32)cc1OCC. The molecule has 0 radical (unpaired) electrons. The molecule has 0 fully saturated rings. The predicted octanol–water partition coefficient (Wildman–Crippen LogP) is 4.01. The number of hydrogen-bond acceptors (Lipinski definition) is 7. The Bertz CT molecular complexity index is 1220. The maximum absolute atomic E-state index is 13.6. The molecule has 3 aromatic rings. The first kappa shape index (κ1) is 22.3. The summed E-state index contributed by atoms with van der Waals surface area (Å²) in [6, 6.07) is 10.9. The Labute approximate surface area is 192 Å². The van der Waals surface area contributed by atoms with Crippen molar-refractivity contribution in [3.63, 3.8) is 0 Å². The van der Waals surface area contributed by atoms with Crippen molar-refractivity contribution in [1.29, 1.82) is 0 Å². The number of nitrogens with zero attached hydrogens (tertiary/aromatic N) is 4. The molecule has 1 atom stereocenters. The van der Waals surface area contributed by atoms with Gasteiger partial charge in [0.2, 0.25) is 5.95 Å². The van der Waals surface area contributed by atoms with Crippen LogP contribution in [0.5, 0.6) is 11.5 Å². The van der Waals surface area contributed by atoms with E-state index in [0.717, 1.165) is 22.4 Å². The van der Waals surface area contributed by atoms with Crippen molar-refractivity contribution in [3.05, 3.63) is 64.4 Å². The molecule has 2 aromatic carbocycles. The van der Waals surface area contributed by atoms with E-state index in [9.17, 15) is 4.79 Å². The number of anilines is 2. The fraction of sp³-hybridized carbons (Fsp3) is 0.333. The fourth-order valence-corrected chi connectivity index (χ4v) is 3.93. The first-order valence-corrected chi connectivity index (χ1v) is 11.0. The normalized spacial score (nSPS) is 15.0. The van der Waals surface area contributed by atoms with Gasteiger partial charge in [-0.05, 0) is 79.9 Å². The van der Waals surface area contributed by atoms with E-state index in [-0.39, 0.29) is 5.91 Å². The minimum Gasteiger partial charge on any atom is -0.490 e. The summed E-state index contributed by atoms with van der Waals surface area (Å²) in [6.07, 6.45) is 0. The van der Waals surface area contributed by atoms with Gasteiger partial charge in [0, 0.05) is 11.4 Å². The molecule has 33 heavy (non-hydrogen) atoms. The molecule has 0 bridgehead atoms. The van der Waals surface area contributed by atoms with Crippen molar-refractivity contribution >= 4 is 17.5 Å². The lowest BCUT2D eigenvalue weighted by Gasteiger charge is -2.28. The van der Waals surface area contributed by atoms with Crippen molar-refractivity contribution < 1.29 is 14.3 Å². The minimum atomic E-state index is -0.545. The molecule has 2 heterocycles. The second-order valence-electron chi connectivity index (χ2n) is 7.79. The van der Waals surface area contributed by atoms with Gasteiger partial charge in [-0.25, -0.2) is 0 Å². The van der Waals surface area contributed by atoms with E-state index in [0.29, 0.717) is 41.9 Å². The lowest BCUT2D eigenvalue weighted by molar-refractivity contribution is -0.113. The zero-order chi connectivity index (χ0) is 23.5. The Morgan fingerprint density at radius 2 is 1.85 bits per heavy atom. The number of allylic oxidation sites excluding steroid dienone is 1. The Hall–Kier alpha value is -3.88. The van der Waals surface area contributed by atoms with E-state index in [2.05, 4.69) is 26.2 Å². The molecule has 0 saturated carbocycles. The minimum absolute atomic E-state index is 0.230. The summed E-state index contributed by atoms with van der Waals surface area (Å²) in [7, 11) is 0. The highest BCUT2D eigenvalue weighted by molar-refractivity contribution is 6.06. The zero-order valence-electron chi connectivity index (χ0n) is 19.5. The van der Waals surface area contributed by atoms with Gasteiger partial charge in [-0.15, -0.1) is 0 Å². The third-order valence-electron chi connectivity index (χ3n) is 5.69. The van der Waals surface area contributed by atoms with Gasteiger partial charge in [-0.3, -0.25) is 4.79 Å². The molecule has 2 N–H and O–H groups in total. The Morgan fingerprint density at radius 1 is 1.09 bits per heavy atom. The van der Waals surface area contributed by atoms with Crippen molar-refractivity contribution in [2.24, 2.45) is 0 Å². The van der Waals surface area contributed by atoms with Crippen LogP contribution in [0.15, 0.2) is 47.7 Å². The summed E-state index contributed by atoms with van der Waals surface area (Å²) in [5.74, 6) is 1.49. The Morgan fingerprint density at radius 3 is 2.61 bits per heavy atom. The third-order valence-corrected chi connectivity index (χ3v) is 5.69. The Balaban J connectivity index is 1.78. The number of benzene rings is 2. The van der Waals surface area contributed by atoms with Crippen LogP contribution in [0.2, 0.25) is 0 Å². The van der Waals surface area contributed by atoms with Crippen LogP contribution in [0.3, 0.4) is 0 Å². The van der Waals surface area contributed by atoms with E-state index >= 15 is 0 Å². The number of ether oxygens (including phenoxy) is 2. The summed E-state index contributed by atoms with van der Waals surface area (Å²) >= 11 is 0. The van der Waals surface area contributed by atoms with Gasteiger partial charge in [-0.1, -0.05) is 23.3 Å². The van der Waals surface area contributed by atoms with Gasteiger partial charge in [-0.2, -0.15) is 4.68 Å². The molecule has 9 heteroatoms. The first-order valence-electron chi connectivity index (χ1n) is 11.0. The number of hydrogen-bond donors (Lipinski definition) is 2. The summed E-state index contributed by atoms with van der Waals surface area (Å²) in [5, 5.41) is 18.2. The van der Waals surface area contributed by atoms with Crippen LogP contribution in [0.1, 0.15) is 43.5 Å². The maximum Gasteiger partial charge on any atom is 0.255 e. The number of carbonyl (C=O) groups is 1. The van der Waals surface area contributed by atoms with Gasteiger partial charge >= 0.3 is 0 Å². The maximum atomic E-state index is 13.6. The number of carbonyl (C=O) groups excluding carboxylic acids is 1. The lowest BCUT2D eigenvalue weighted by Crippen LogP contribution is -2.31. The second kappa shape index (κ2) is 9.32. The monoisotopic (exact) mass is 448 g/mol. The quantitative estimate of drug-likeness (QED) is 0.563. The van der Waals surface area contributed by atoms with Crippen molar-refractivity contribution in [2.75, 3.05) is 23.8 Å². The molecule has 1 aliphatic heterocycles. The van der Waals surface area contributed by atoms with E-state index in [1.807, 2.05) is 71.0 Å². The van der Waals surface area contributed by atoms with Crippen LogP contribution in [-0.4, -0.2) is 39.3 Å². The van der Waals surface area contributed by atoms with Crippen molar-refractivity contribution in [3.8, 4) is 11.5 Å². The zero-order valence-corrected chi connectivity index (χ0v) is 19.5. The number of aryl methyl sites for hydroxylation is 1. The lowest BCUT2D eigenvalue weighted by atomic mass is 9.94. The molecule has 1 amide bonds. The number of tetrazole rings is 1. The molecule has 0 aliphatic carbocycles. The highest BCUT2D eigenvalue weighted by Crippen LogP contribution is 2.39.